The van der Waals surface area contributed by atoms with Gasteiger partial charge in [-0.1, -0.05) is 23.2 Å². The van der Waals surface area contributed by atoms with Gasteiger partial charge < -0.3 is 10.4 Å². The van der Waals surface area contributed by atoms with Crippen molar-refractivity contribution in [1.82, 2.24) is 5.32 Å². The van der Waals surface area contributed by atoms with Crippen LogP contribution in [-0.4, -0.2) is 17.1 Å². The van der Waals surface area contributed by atoms with Crippen molar-refractivity contribution in [2.45, 2.75) is 31.8 Å². The maximum absolute atomic E-state index is 11.4. The van der Waals surface area contributed by atoms with Gasteiger partial charge in [-0.15, -0.1) is 0 Å². The van der Waals surface area contributed by atoms with Crippen molar-refractivity contribution < 1.29 is 9.90 Å². The Morgan fingerprint density at radius 1 is 1.20 bits per heavy atom. The fourth-order valence-corrected chi connectivity index (χ4v) is 4.46. The van der Waals surface area contributed by atoms with Gasteiger partial charge in [-0.05, 0) is 54.9 Å². The van der Waals surface area contributed by atoms with E-state index in [2.05, 4.69) is 5.32 Å². The lowest BCUT2D eigenvalue weighted by molar-refractivity contribution is -0.144. The van der Waals surface area contributed by atoms with Crippen LogP contribution in [0.25, 0.3) is 0 Å². The van der Waals surface area contributed by atoms with E-state index in [1.165, 1.54) is 0 Å². The Balaban J connectivity index is 1.69. The second-order valence-corrected chi connectivity index (χ2v) is 6.75. The number of aliphatic carboxylic acids is 1. The predicted octanol–water partition coefficient (Wildman–Crippen LogP) is 3.58. The molecule has 2 bridgehead atoms. The summed E-state index contributed by atoms with van der Waals surface area (Å²) in [6.07, 6.45) is 3.25. The first-order valence-electron chi connectivity index (χ1n) is 6.96. The molecule has 2 aliphatic rings. The smallest absolute Gasteiger partial charge is 0.308 e. The molecule has 4 atom stereocenters. The van der Waals surface area contributed by atoms with Crippen LogP contribution in [0, 0.1) is 17.8 Å². The molecule has 108 valence electrons. The highest BCUT2D eigenvalue weighted by atomic mass is 35.5. The highest BCUT2D eigenvalue weighted by Crippen LogP contribution is 2.48. The molecule has 0 spiro atoms. The van der Waals surface area contributed by atoms with Crippen LogP contribution >= 0.6 is 23.2 Å². The lowest BCUT2D eigenvalue weighted by atomic mass is 9.84. The number of hydrogen-bond donors (Lipinski definition) is 2. The maximum Gasteiger partial charge on any atom is 0.308 e. The Labute approximate surface area is 128 Å². The Kier molecular flexibility index (Phi) is 3.93. The SMILES string of the molecule is O=C(O)C1C2CCC(C2)C1NCc1cc(Cl)cc(Cl)c1. The van der Waals surface area contributed by atoms with Gasteiger partial charge in [0.15, 0.2) is 0 Å². The van der Waals surface area contributed by atoms with Crippen molar-refractivity contribution in [3.8, 4) is 0 Å². The minimum absolute atomic E-state index is 0.0732. The Morgan fingerprint density at radius 2 is 1.85 bits per heavy atom. The van der Waals surface area contributed by atoms with E-state index in [4.69, 9.17) is 23.2 Å². The summed E-state index contributed by atoms with van der Waals surface area (Å²) in [7, 11) is 0. The molecule has 0 saturated heterocycles. The van der Waals surface area contributed by atoms with E-state index in [0.29, 0.717) is 28.4 Å². The topological polar surface area (TPSA) is 49.3 Å². The van der Waals surface area contributed by atoms with Gasteiger partial charge in [0.1, 0.15) is 0 Å². The number of halogens is 2. The standard InChI is InChI=1S/C15H17Cl2NO2/c16-11-3-8(4-12(17)6-11)7-18-14-10-2-1-9(5-10)13(14)15(19)20/h3-4,6,9-10,13-14,18H,1-2,5,7H2,(H,19,20). The van der Waals surface area contributed by atoms with Crippen molar-refractivity contribution in [2.24, 2.45) is 17.8 Å². The van der Waals surface area contributed by atoms with Gasteiger partial charge in [-0.3, -0.25) is 4.79 Å². The van der Waals surface area contributed by atoms with Crippen molar-refractivity contribution >= 4 is 29.2 Å². The molecule has 20 heavy (non-hydrogen) atoms. The lowest BCUT2D eigenvalue weighted by Crippen LogP contribution is -2.43. The zero-order valence-electron chi connectivity index (χ0n) is 11.0. The second kappa shape index (κ2) is 5.55. The number of benzene rings is 1. The molecule has 3 nitrogen and oxygen atoms in total. The molecule has 2 N–H and O–H groups in total. The van der Waals surface area contributed by atoms with Crippen LogP contribution in [0.1, 0.15) is 24.8 Å². The van der Waals surface area contributed by atoms with E-state index < -0.39 is 5.97 Å². The van der Waals surface area contributed by atoms with Crippen LogP contribution < -0.4 is 5.32 Å². The zero-order valence-corrected chi connectivity index (χ0v) is 12.5. The Hall–Kier alpha value is -0.770. The van der Waals surface area contributed by atoms with Crippen LogP contribution in [0.15, 0.2) is 18.2 Å². The zero-order chi connectivity index (χ0) is 14.3. The average molecular weight is 314 g/mol. The molecule has 4 unspecified atom stereocenters. The normalized spacial score (nSPS) is 31.7. The summed E-state index contributed by atoms with van der Waals surface area (Å²) in [5.74, 6) is -0.0732. The molecule has 0 radical (unpaired) electrons. The monoisotopic (exact) mass is 313 g/mol. The van der Waals surface area contributed by atoms with Gasteiger partial charge in [0.2, 0.25) is 0 Å². The quantitative estimate of drug-likeness (QED) is 0.893. The van der Waals surface area contributed by atoms with E-state index in [-0.39, 0.29) is 12.0 Å². The predicted molar refractivity (Wildman–Crippen MR) is 79.0 cm³/mol. The summed E-state index contributed by atoms with van der Waals surface area (Å²) in [4.78, 5) is 11.4. The van der Waals surface area contributed by atoms with Crippen LogP contribution in [0.3, 0.4) is 0 Å². The lowest BCUT2D eigenvalue weighted by Gasteiger charge is -2.29. The van der Waals surface area contributed by atoms with E-state index in [1.807, 2.05) is 12.1 Å². The van der Waals surface area contributed by atoms with Gasteiger partial charge in [0.25, 0.3) is 0 Å². The van der Waals surface area contributed by atoms with Gasteiger partial charge >= 0.3 is 5.97 Å². The summed E-state index contributed by atoms with van der Waals surface area (Å²) in [5, 5.41) is 14.0. The van der Waals surface area contributed by atoms with Crippen LogP contribution in [-0.2, 0) is 11.3 Å². The molecule has 1 aromatic rings. The molecule has 3 rings (SSSR count). The van der Waals surface area contributed by atoms with Crippen molar-refractivity contribution in [2.75, 3.05) is 0 Å². The molecule has 5 heteroatoms. The minimum Gasteiger partial charge on any atom is -0.481 e. The van der Waals surface area contributed by atoms with Crippen molar-refractivity contribution in [1.29, 1.82) is 0 Å². The average Bonchev–Trinajstić information content (AvgIpc) is 2.95. The summed E-state index contributed by atoms with van der Waals surface area (Å²) >= 11 is 12.0. The highest BCUT2D eigenvalue weighted by Gasteiger charge is 2.50. The number of carbonyl (C=O) groups is 1. The number of hydrogen-bond acceptors (Lipinski definition) is 2. The minimum atomic E-state index is -0.668. The fraction of sp³-hybridized carbons (Fsp3) is 0.533. The number of carboxylic acids is 1. The summed E-state index contributed by atoms with van der Waals surface area (Å²) in [5.41, 5.74) is 0.995. The van der Waals surface area contributed by atoms with Gasteiger partial charge in [0.05, 0.1) is 5.92 Å². The summed E-state index contributed by atoms with van der Waals surface area (Å²) in [6, 6.07) is 5.50. The Bertz CT molecular complexity index is 514. The van der Waals surface area contributed by atoms with E-state index in [0.717, 1.165) is 24.8 Å². The number of rotatable bonds is 4. The first-order chi connectivity index (χ1) is 9.54. The third-order valence-corrected chi connectivity index (χ3v) is 5.10. The first kappa shape index (κ1) is 14.2. The molecule has 0 heterocycles. The second-order valence-electron chi connectivity index (χ2n) is 5.88. The number of nitrogens with one attached hydrogen (secondary N) is 1. The third kappa shape index (κ3) is 2.67. The fourth-order valence-electron chi connectivity index (χ4n) is 3.89. The van der Waals surface area contributed by atoms with Crippen LogP contribution in [0.2, 0.25) is 10.0 Å². The van der Waals surface area contributed by atoms with Crippen molar-refractivity contribution in [3.63, 3.8) is 0 Å². The molecular weight excluding hydrogens is 297 g/mol. The largest absolute Gasteiger partial charge is 0.481 e. The van der Waals surface area contributed by atoms with Gasteiger partial charge in [-0.2, -0.15) is 0 Å². The molecule has 2 saturated carbocycles. The van der Waals surface area contributed by atoms with E-state index in [1.54, 1.807) is 6.07 Å². The Morgan fingerprint density at radius 3 is 2.50 bits per heavy atom. The molecule has 2 fully saturated rings. The number of fused-ring (bicyclic) bond motifs is 2. The first-order valence-corrected chi connectivity index (χ1v) is 7.71. The van der Waals surface area contributed by atoms with E-state index >= 15 is 0 Å². The van der Waals surface area contributed by atoms with Crippen LogP contribution in [0.4, 0.5) is 0 Å². The van der Waals surface area contributed by atoms with Gasteiger partial charge in [0, 0.05) is 22.6 Å². The number of carboxylic acid groups (broad SMARTS) is 1. The highest BCUT2D eigenvalue weighted by molar-refractivity contribution is 6.34. The molecular formula is C15H17Cl2NO2. The summed E-state index contributed by atoms with van der Waals surface area (Å²) in [6.45, 7) is 0.609. The van der Waals surface area contributed by atoms with Crippen molar-refractivity contribution in [3.05, 3.63) is 33.8 Å². The van der Waals surface area contributed by atoms with Gasteiger partial charge in [-0.25, -0.2) is 0 Å². The van der Waals surface area contributed by atoms with E-state index in [9.17, 15) is 9.90 Å². The summed E-state index contributed by atoms with van der Waals surface area (Å²) < 4.78 is 0. The molecule has 2 aliphatic carbocycles. The molecule has 0 aromatic heterocycles. The maximum atomic E-state index is 11.4. The molecule has 0 aliphatic heterocycles. The van der Waals surface area contributed by atoms with Crippen LogP contribution in [0.5, 0.6) is 0 Å². The third-order valence-electron chi connectivity index (χ3n) is 4.67. The molecule has 1 aromatic carbocycles. The molecule has 0 amide bonds.